The minimum Gasteiger partial charge on any atom is -0.339 e. The van der Waals surface area contributed by atoms with E-state index in [2.05, 4.69) is 36.8 Å². The van der Waals surface area contributed by atoms with Gasteiger partial charge in [-0.05, 0) is 57.5 Å². The summed E-state index contributed by atoms with van der Waals surface area (Å²) >= 11 is 0. The van der Waals surface area contributed by atoms with Gasteiger partial charge in [-0.2, -0.15) is 0 Å². The molecule has 0 bridgehead atoms. The van der Waals surface area contributed by atoms with Crippen molar-refractivity contribution in [1.29, 1.82) is 0 Å². The number of carbonyl (C=O) groups excluding carboxylic acids is 1. The van der Waals surface area contributed by atoms with Crippen molar-refractivity contribution in [2.24, 2.45) is 0 Å². The zero-order chi connectivity index (χ0) is 18.5. The van der Waals surface area contributed by atoms with Gasteiger partial charge >= 0.3 is 0 Å². The smallest absolute Gasteiger partial charge is 0.253 e. The van der Waals surface area contributed by atoms with Crippen LogP contribution in [0.25, 0.3) is 0 Å². The molecule has 1 aliphatic rings. The van der Waals surface area contributed by atoms with Crippen LogP contribution in [0.5, 0.6) is 0 Å². The van der Waals surface area contributed by atoms with Gasteiger partial charge in [0.2, 0.25) is 0 Å². The van der Waals surface area contributed by atoms with Crippen LogP contribution in [0.4, 0.5) is 0 Å². The van der Waals surface area contributed by atoms with Crippen LogP contribution in [0.1, 0.15) is 41.4 Å². The molecule has 2 aromatic rings. The maximum atomic E-state index is 12.6. The van der Waals surface area contributed by atoms with Crippen LogP contribution in [-0.2, 0) is 6.42 Å². The molecule has 0 radical (unpaired) electrons. The number of piperidine rings is 1. The van der Waals surface area contributed by atoms with Gasteiger partial charge in [0.25, 0.3) is 5.91 Å². The third-order valence-corrected chi connectivity index (χ3v) is 5.65. The number of carbonyl (C=O) groups is 1. The van der Waals surface area contributed by atoms with E-state index in [1.807, 2.05) is 47.5 Å². The molecule has 0 N–H and O–H groups in total. The van der Waals surface area contributed by atoms with Gasteiger partial charge in [0.05, 0.1) is 0 Å². The summed E-state index contributed by atoms with van der Waals surface area (Å²) in [6.07, 6.45) is 4.90. The third-order valence-electron chi connectivity index (χ3n) is 5.65. The summed E-state index contributed by atoms with van der Waals surface area (Å²) < 4.78 is 0. The first-order valence-electron chi connectivity index (χ1n) is 9.53. The number of aromatic nitrogens is 1. The first-order valence-corrected chi connectivity index (χ1v) is 9.53. The predicted molar refractivity (Wildman–Crippen MR) is 105 cm³/mol. The van der Waals surface area contributed by atoms with Crippen LogP contribution < -0.4 is 0 Å². The summed E-state index contributed by atoms with van der Waals surface area (Å²) in [6, 6.07) is 14.7. The molecule has 2 heterocycles. The Morgan fingerprint density at radius 2 is 1.88 bits per heavy atom. The number of hydrogen-bond donors (Lipinski definition) is 0. The number of aryl methyl sites for hydroxylation is 1. The number of amides is 1. The van der Waals surface area contributed by atoms with Gasteiger partial charge in [0.1, 0.15) is 0 Å². The zero-order valence-corrected chi connectivity index (χ0v) is 16.1. The Balaban J connectivity index is 1.54. The Morgan fingerprint density at radius 1 is 1.19 bits per heavy atom. The van der Waals surface area contributed by atoms with Crippen molar-refractivity contribution in [3.05, 3.63) is 65.5 Å². The normalized spacial score (nSPS) is 16.7. The molecule has 4 heteroatoms. The van der Waals surface area contributed by atoms with E-state index in [4.69, 9.17) is 0 Å². The Kier molecular flexibility index (Phi) is 6.04. The highest BCUT2D eigenvalue weighted by molar-refractivity contribution is 5.94. The average Bonchev–Trinajstić information content (AvgIpc) is 2.69. The lowest BCUT2D eigenvalue weighted by molar-refractivity contribution is 0.0607. The predicted octanol–water partition coefficient (Wildman–Crippen LogP) is 3.56. The maximum Gasteiger partial charge on any atom is 0.253 e. The summed E-state index contributed by atoms with van der Waals surface area (Å²) in [4.78, 5) is 21.6. The Labute approximate surface area is 156 Å². The summed E-state index contributed by atoms with van der Waals surface area (Å²) in [5.41, 5.74) is 3.23. The number of likely N-dealkylation sites (tertiary alicyclic amines) is 1. The van der Waals surface area contributed by atoms with Crippen LogP contribution >= 0.6 is 0 Å². The largest absolute Gasteiger partial charge is 0.339 e. The Bertz CT molecular complexity index is 723. The second kappa shape index (κ2) is 8.45. The van der Waals surface area contributed by atoms with Crippen LogP contribution in [0, 0.1) is 6.92 Å². The lowest BCUT2D eigenvalue weighted by atomic mass is 9.99. The van der Waals surface area contributed by atoms with Gasteiger partial charge in [0.15, 0.2) is 0 Å². The van der Waals surface area contributed by atoms with Crippen molar-refractivity contribution in [3.8, 4) is 0 Å². The van der Waals surface area contributed by atoms with E-state index in [0.717, 1.165) is 37.9 Å². The van der Waals surface area contributed by atoms with Crippen molar-refractivity contribution in [2.75, 3.05) is 20.1 Å². The van der Waals surface area contributed by atoms with E-state index in [-0.39, 0.29) is 5.91 Å². The summed E-state index contributed by atoms with van der Waals surface area (Å²) in [5, 5.41) is 0. The van der Waals surface area contributed by atoms with Crippen molar-refractivity contribution in [1.82, 2.24) is 14.8 Å². The number of likely N-dealkylation sites (N-methyl/N-ethyl adjacent to an activating group) is 1. The highest BCUT2D eigenvalue weighted by atomic mass is 16.2. The summed E-state index contributed by atoms with van der Waals surface area (Å²) in [5.74, 6) is 0.156. The molecule has 0 spiro atoms. The molecule has 3 rings (SSSR count). The lowest BCUT2D eigenvalue weighted by Gasteiger charge is -2.39. The Hall–Kier alpha value is -2.20. The van der Waals surface area contributed by atoms with E-state index in [1.165, 1.54) is 11.3 Å². The quantitative estimate of drug-likeness (QED) is 0.826. The molecule has 26 heavy (non-hydrogen) atoms. The van der Waals surface area contributed by atoms with Crippen LogP contribution in [-0.4, -0.2) is 52.9 Å². The van der Waals surface area contributed by atoms with E-state index in [9.17, 15) is 4.79 Å². The summed E-state index contributed by atoms with van der Waals surface area (Å²) in [6.45, 7) is 6.06. The fourth-order valence-corrected chi connectivity index (χ4v) is 3.76. The number of nitrogens with zero attached hydrogens (tertiary/aromatic N) is 3. The highest BCUT2D eigenvalue weighted by Gasteiger charge is 2.28. The second-order valence-electron chi connectivity index (χ2n) is 7.38. The van der Waals surface area contributed by atoms with Crippen molar-refractivity contribution >= 4 is 5.91 Å². The zero-order valence-electron chi connectivity index (χ0n) is 16.1. The van der Waals surface area contributed by atoms with Gasteiger partial charge in [-0.3, -0.25) is 9.78 Å². The van der Waals surface area contributed by atoms with Crippen molar-refractivity contribution in [3.63, 3.8) is 0 Å². The van der Waals surface area contributed by atoms with Gasteiger partial charge in [0, 0.05) is 49.0 Å². The maximum absolute atomic E-state index is 12.6. The molecule has 1 amide bonds. The third kappa shape index (κ3) is 4.31. The number of benzene rings is 1. The molecule has 4 nitrogen and oxygen atoms in total. The molecule has 1 atom stereocenters. The number of hydrogen-bond acceptors (Lipinski definition) is 3. The number of pyridine rings is 1. The van der Waals surface area contributed by atoms with Gasteiger partial charge in [-0.1, -0.05) is 24.3 Å². The molecule has 1 unspecified atom stereocenters. The fourth-order valence-electron chi connectivity index (χ4n) is 3.76. The van der Waals surface area contributed by atoms with Crippen LogP contribution in [0.15, 0.2) is 48.7 Å². The molecule has 0 saturated carbocycles. The molecule has 1 aliphatic heterocycles. The lowest BCUT2D eigenvalue weighted by Crippen LogP contribution is -2.48. The first-order chi connectivity index (χ1) is 12.6. The van der Waals surface area contributed by atoms with Crippen LogP contribution in [0.2, 0.25) is 0 Å². The monoisotopic (exact) mass is 351 g/mol. The van der Waals surface area contributed by atoms with E-state index in [1.54, 1.807) is 0 Å². The molecule has 1 fully saturated rings. The molecule has 0 aliphatic carbocycles. The highest BCUT2D eigenvalue weighted by Crippen LogP contribution is 2.21. The first kappa shape index (κ1) is 18.6. The second-order valence-corrected chi connectivity index (χ2v) is 7.38. The van der Waals surface area contributed by atoms with Gasteiger partial charge in [-0.15, -0.1) is 0 Å². The molecular weight excluding hydrogens is 322 g/mol. The Morgan fingerprint density at radius 3 is 2.54 bits per heavy atom. The molecule has 1 aromatic heterocycles. The minimum absolute atomic E-state index is 0.156. The topological polar surface area (TPSA) is 36.4 Å². The van der Waals surface area contributed by atoms with Gasteiger partial charge < -0.3 is 9.80 Å². The average molecular weight is 351 g/mol. The molecule has 1 saturated heterocycles. The fraction of sp³-hybridized carbons (Fsp3) is 0.455. The summed E-state index contributed by atoms with van der Waals surface area (Å²) in [7, 11) is 2.21. The van der Waals surface area contributed by atoms with E-state index in [0.29, 0.717) is 12.1 Å². The minimum atomic E-state index is 0.156. The van der Waals surface area contributed by atoms with E-state index < -0.39 is 0 Å². The van der Waals surface area contributed by atoms with Crippen LogP contribution in [0.3, 0.4) is 0 Å². The SMILES string of the molecule is Cc1cccnc1CC(C)N(C)C1CCN(C(=O)c2ccccc2)CC1. The van der Waals surface area contributed by atoms with E-state index >= 15 is 0 Å². The van der Waals surface area contributed by atoms with Crippen molar-refractivity contribution in [2.45, 2.75) is 45.2 Å². The molecule has 138 valence electrons. The standard InChI is InChI=1S/C22H29N3O/c1-17-8-7-13-23-21(17)16-18(2)24(3)20-11-14-25(15-12-20)22(26)19-9-5-4-6-10-19/h4-10,13,18,20H,11-12,14-16H2,1-3H3. The molecule has 1 aromatic carbocycles. The molecular formula is C22H29N3O. The van der Waals surface area contributed by atoms with Crippen molar-refractivity contribution < 1.29 is 4.79 Å². The number of rotatable bonds is 5. The van der Waals surface area contributed by atoms with Gasteiger partial charge in [-0.25, -0.2) is 0 Å².